The molecule has 27 heavy (non-hydrogen) atoms. The highest BCUT2D eigenvalue weighted by Crippen LogP contribution is 2.28. The monoisotopic (exact) mass is 367 g/mol. The molecular weight excluding hydrogens is 346 g/mol. The normalized spacial score (nSPS) is 10.6. The third-order valence-electron chi connectivity index (χ3n) is 4.11. The van der Waals surface area contributed by atoms with Crippen LogP contribution in [0.15, 0.2) is 42.5 Å². The maximum atomic E-state index is 12.1. The third kappa shape index (κ3) is 4.44. The van der Waals surface area contributed by atoms with E-state index < -0.39 is 0 Å². The fraction of sp³-hybridized carbons (Fsp3) is 0.250. The Hall–Kier alpha value is -3.35. The van der Waals surface area contributed by atoms with Crippen LogP contribution in [-0.2, 0) is 22.6 Å². The number of benzene rings is 2. The zero-order valence-corrected chi connectivity index (χ0v) is 15.3. The zero-order chi connectivity index (χ0) is 19.2. The Morgan fingerprint density at radius 3 is 2.59 bits per heavy atom. The lowest BCUT2D eigenvalue weighted by Crippen LogP contribution is -2.09. The number of esters is 1. The lowest BCUT2D eigenvalue weighted by Gasteiger charge is -2.10. The largest absolute Gasteiger partial charge is 0.493 e. The number of hydrogen-bond donors (Lipinski definition) is 1. The molecule has 1 heterocycles. The average molecular weight is 367 g/mol. The van der Waals surface area contributed by atoms with Crippen molar-refractivity contribution in [2.75, 3.05) is 20.0 Å². The Balaban J connectivity index is 1.57. The molecule has 0 saturated heterocycles. The number of para-hydroxylation sites is 1. The second-order valence-corrected chi connectivity index (χ2v) is 5.89. The number of carbonyl (C=O) groups excluding carboxylic acids is 1. The number of aryl methyl sites for hydroxylation is 1. The standard InChI is InChI=1S/C20H21N3O4/c1-25-16-9-7-13(11-17(16)26-2)8-10-19(24)27-12-18-22-15-6-4-3-5-14(15)20(21)23-18/h3-7,9,11H,8,10,12H2,1-2H3,(H2,21,22,23). The molecule has 0 bridgehead atoms. The highest BCUT2D eigenvalue weighted by atomic mass is 16.5. The van der Waals surface area contributed by atoms with Gasteiger partial charge in [0.1, 0.15) is 5.82 Å². The molecule has 2 N–H and O–H groups in total. The molecule has 0 atom stereocenters. The minimum atomic E-state index is -0.333. The Kier molecular flexibility index (Phi) is 5.71. The number of nitrogens with zero attached hydrogens (tertiary/aromatic N) is 2. The summed E-state index contributed by atoms with van der Waals surface area (Å²) in [6.07, 6.45) is 0.762. The van der Waals surface area contributed by atoms with Gasteiger partial charge < -0.3 is 19.9 Å². The van der Waals surface area contributed by atoms with Crippen molar-refractivity contribution in [1.29, 1.82) is 0 Å². The van der Waals surface area contributed by atoms with E-state index in [4.69, 9.17) is 19.9 Å². The van der Waals surface area contributed by atoms with Crippen molar-refractivity contribution >= 4 is 22.7 Å². The van der Waals surface area contributed by atoms with Gasteiger partial charge in [0.25, 0.3) is 0 Å². The molecule has 0 fully saturated rings. The number of anilines is 1. The minimum absolute atomic E-state index is 0.0141. The van der Waals surface area contributed by atoms with Crippen LogP contribution in [0.2, 0.25) is 0 Å². The molecule has 3 aromatic rings. The van der Waals surface area contributed by atoms with Crippen LogP contribution in [-0.4, -0.2) is 30.2 Å². The predicted octanol–water partition coefficient (Wildman–Crippen LogP) is 2.91. The van der Waals surface area contributed by atoms with Gasteiger partial charge in [-0.1, -0.05) is 18.2 Å². The summed E-state index contributed by atoms with van der Waals surface area (Å²) in [4.78, 5) is 20.6. The fourth-order valence-corrected chi connectivity index (χ4v) is 2.72. The summed E-state index contributed by atoms with van der Waals surface area (Å²) >= 11 is 0. The van der Waals surface area contributed by atoms with Crippen LogP contribution in [0.3, 0.4) is 0 Å². The molecule has 0 unspecified atom stereocenters. The number of fused-ring (bicyclic) bond motifs is 1. The number of hydrogen-bond acceptors (Lipinski definition) is 7. The van der Waals surface area contributed by atoms with Crippen LogP contribution >= 0.6 is 0 Å². The van der Waals surface area contributed by atoms with Crippen LogP contribution in [0.1, 0.15) is 17.8 Å². The van der Waals surface area contributed by atoms with Gasteiger partial charge in [0.15, 0.2) is 23.9 Å². The number of carbonyl (C=O) groups is 1. The van der Waals surface area contributed by atoms with Crippen molar-refractivity contribution in [3.05, 3.63) is 53.9 Å². The van der Waals surface area contributed by atoms with Gasteiger partial charge in [0.05, 0.1) is 19.7 Å². The molecule has 140 valence electrons. The Labute approximate surface area is 157 Å². The van der Waals surface area contributed by atoms with Crippen molar-refractivity contribution in [2.24, 2.45) is 0 Å². The molecule has 0 aliphatic heterocycles. The van der Waals surface area contributed by atoms with Crippen LogP contribution in [0.5, 0.6) is 11.5 Å². The molecule has 0 spiro atoms. The van der Waals surface area contributed by atoms with Crippen LogP contribution in [0, 0.1) is 0 Å². The molecule has 0 saturated carbocycles. The Morgan fingerprint density at radius 2 is 1.81 bits per heavy atom. The Bertz CT molecular complexity index is 959. The van der Waals surface area contributed by atoms with Crippen molar-refractivity contribution in [3.8, 4) is 11.5 Å². The maximum Gasteiger partial charge on any atom is 0.306 e. The first kappa shape index (κ1) is 18.4. The summed E-state index contributed by atoms with van der Waals surface area (Å²) in [5, 5.41) is 0.779. The molecule has 0 radical (unpaired) electrons. The van der Waals surface area contributed by atoms with Gasteiger partial charge in [-0.2, -0.15) is 0 Å². The minimum Gasteiger partial charge on any atom is -0.493 e. The van der Waals surface area contributed by atoms with Gasteiger partial charge in [0, 0.05) is 11.8 Å². The van der Waals surface area contributed by atoms with E-state index in [-0.39, 0.29) is 19.0 Å². The topological polar surface area (TPSA) is 96.6 Å². The van der Waals surface area contributed by atoms with Crippen LogP contribution < -0.4 is 15.2 Å². The van der Waals surface area contributed by atoms with Crippen molar-refractivity contribution in [2.45, 2.75) is 19.4 Å². The summed E-state index contributed by atoms with van der Waals surface area (Å²) < 4.78 is 15.7. The molecular formula is C20H21N3O4. The zero-order valence-electron chi connectivity index (χ0n) is 15.3. The first-order valence-corrected chi connectivity index (χ1v) is 8.48. The predicted molar refractivity (Wildman–Crippen MR) is 102 cm³/mol. The van der Waals surface area contributed by atoms with E-state index in [2.05, 4.69) is 9.97 Å². The SMILES string of the molecule is COc1ccc(CCC(=O)OCc2nc(N)c3ccccc3n2)cc1OC. The van der Waals surface area contributed by atoms with Crippen molar-refractivity contribution in [1.82, 2.24) is 9.97 Å². The van der Waals surface area contributed by atoms with E-state index in [1.54, 1.807) is 14.2 Å². The number of methoxy groups -OCH3 is 2. The van der Waals surface area contributed by atoms with Crippen molar-refractivity contribution in [3.63, 3.8) is 0 Å². The van der Waals surface area contributed by atoms with E-state index >= 15 is 0 Å². The quantitative estimate of drug-likeness (QED) is 0.641. The number of nitrogens with two attached hydrogens (primary N) is 1. The molecule has 0 aliphatic rings. The fourth-order valence-electron chi connectivity index (χ4n) is 2.72. The van der Waals surface area contributed by atoms with Gasteiger partial charge in [-0.15, -0.1) is 0 Å². The first-order chi connectivity index (χ1) is 13.1. The molecule has 7 nitrogen and oxygen atoms in total. The third-order valence-corrected chi connectivity index (χ3v) is 4.11. The molecule has 0 amide bonds. The van der Waals surface area contributed by atoms with E-state index in [1.807, 2.05) is 42.5 Å². The number of aromatic nitrogens is 2. The van der Waals surface area contributed by atoms with E-state index in [0.717, 1.165) is 16.5 Å². The first-order valence-electron chi connectivity index (χ1n) is 8.48. The Morgan fingerprint density at radius 1 is 1.04 bits per heavy atom. The highest BCUT2D eigenvalue weighted by molar-refractivity contribution is 5.87. The average Bonchev–Trinajstić information content (AvgIpc) is 2.70. The second kappa shape index (κ2) is 8.35. The lowest BCUT2D eigenvalue weighted by molar-refractivity contribution is -0.145. The summed E-state index contributed by atoms with van der Waals surface area (Å²) in [6.45, 7) is -0.0141. The molecule has 2 aromatic carbocycles. The summed E-state index contributed by atoms with van der Waals surface area (Å²) in [5.74, 6) is 1.70. The maximum absolute atomic E-state index is 12.1. The summed E-state index contributed by atoms with van der Waals surface area (Å²) in [5.41, 5.74) is 7.61. The van der Waals surface area contributed by atoms with E-state index in [9.17, 15) is 4.79 Å². The van der Waals surface area contributed by atoms with Gasteiger partial charge in [-0.25, -0.2) is 9.97 Å². The van der Waals surface area contributed by atoms with Crippen molar-refractivity contribution < 1.29 is 19.0 Å². The van der Waals surface area contributed by atoms with Gasteiger partial charge >= 0.3 is 5.97 Å². The van der Waals surface area contributed by atoms with E-state index in [1.165, 1.54) is 0 Å². The van der Waals surface area contributed by atoms with E-state index in [0.29, 0.717) is 29.6 Å². The second-order valence-electron chi connectivity index (χ2n) is 5.89. The smallest absolute Gasteiger partial charge is 0.306 e. The van der Waals surface area contributed by atoms with Crippen LogP contribution in [0.4, 0.5) is 5.82 Å². The molecule has 3 rings (SSSR count). The lowest BCUT2D eigenvalue weighted by atomic mass is 10.1. The number of ether oxygens (including phenoxy) is 3. The molecule has 7 heteroatoms. The molecule has 0 aliphatic carbocycles. The summed E-state index contributed by atoms with van der Waals surface area (Å²) in [6, 6.07) is 13.0. The van der Waals surface area contributed by atoms with Crippen LogP contribution in [0.25, 0.3) is 10.9 Å². The number of rotatable bonds is 7. The van der Waals surface area contributed by atoms with Gasteiger partial charge in [-0.3, -0.25) is 4.79 Å². The number of nitrogen functional groups attached to an aromatic ring is 1. The van der Waals surface area contributed by atoms with Gasteiger partial charge in [-0.05, 0) is 36.2 Å². The summed E-state index contributed by atoms with van der Waals surface area (Å²) in [7, 11) is 3.15. The molecule has 1 aromatic heterocycles. The van der Waals surface area contributed by atoms with Gasteiger partial charge in [0.2, 0.25) is 0 Å². The highest BCUT2D eigenvalue weighted by Gasteiger charge is 2.10.